The molecule has 1 amide bonds. The summed E-state index contributed by atoms with van der Waals surface area (Å²) in [4.78, 5) is 13.3. The molecule has 0 aliphatic rings. The summed E-state index contributed by atoms with van der Waals surface area (Å²) in [5.74, 6) is -0.0344. The van der Waals surface area contributed by atoms with E-state index in [0.29, 0.717) is 6.61 Å². The van der Waals surface area contributed by atoms with Crippen molar-refractivity contribution < 1.29 is 9.53 Å². The van der Waals surface area contributed by atoms with Crippen LogP contribution < -0.4 is 5.32 Å². The van der Waals surface area contributed by atoms with E-state index in [1.165, 1.54) is 0 Å². The Bertz CT molecular complexity index is 160. The molecule has 14 heavy (non-hydrogen) atoms. The van der Waals surface area contributed by atoms with Gasteiger partial charge in [0.2, 0.25) is 5.91 Å². The molecule has 0 bridgehead atoms. The zero-order chi connectivity index (χ0) is 11.0. The lowest BCUT2D eigenvalue weighted by atomic mass is 10.3. The summed E-state index contributed by atoms with van der Waals surface area (Å²) >= 11 is 0. The van der Waals surface area contributed by atoms with Gasteiger partial charge in [-0.25, -0.2) is 0 Å². The Hall–Kier alpha value is -0.610. The van der Waals surface area contributed by atoms with Crippen LogP contribution in [0.1, 0.15) is 20.3 Å². The van der Waals surface area contributed by atoms with Crippen molar-refractivity contribution in [3.63, 3.8) is 0 Å². The van der Waals surface area contributed by atoms with Crippen molar-refractivity contribution in [1.29, 1.82) is 0 Å². The van der Waals surface area contributed by atoms with E-state index < -0.39 is 0 Å². The van der Waals surface area contributed by atoms with E-state index in [1.54, 1.807) is 0 Å². The third kappa shape index (κ3) is 8.01. The van der Waals surface area contributed by atoms with Gasteiger partial charge in [-0.2, -0.15) is 0 Å². The number of hydrogen-bond acceptors (Lipinski definition) is 3. The Morgan fingerprint density at radius 2 is 2.14 bits per heavy atom. The van der Waals surface area contributed by atoms with Crippen LogP contribution >= 0.6 is 0 Å². The average molecular weight is 202 g/mol. The van der Waals surface area contributed by atoms with E-state index in [0.717, 1.165) is 13.0 Å². The molecule has 0 aromatic rings. The van der Waals surface area contributed by atoms with Crippen LogP contribution in [0.25, 0.3) is 0 Å². The van der Waals surface area contributed by atoms with Crippen molar-refractivity contribution in [3.05, 3.63) is 0 Å². The zero-order valence-corrected chi connectivity index (χ0v) is 9.67. The van der Waals surface area contributed by atoms with Gasteiger partial charge in [-0.1, -0.05) is 6.92 Å². The second-order valence-electron chi connectivity index (χ2n) is 3.78. The quantitative estimate of drug-likeness (QED) is 0.611. The zero-order valence-electron chi connectivity index (χ0n) is 9.67. The number of ether oxygens (including phenoxy) is 1. The molecule has 1 unspecified atom stereocenters. The van der Waals surface area contributed by atoms with Crippen LogP contribution in [0.15, 0.2) is 0 Å². The largest absolute Gasteiger partial charge is 0.372 e. The molecule has 0 fully saturated rings. The molecular weight excluding hydrogens is 180 g/mol. The van der Waals surface area contributed by atoms with E-state index in [1.807, 2.05) is 32.8 Å². The first-order valence-electron chi connectivity index (χ1n) is 5.08. The van der Waals surface area contributed by atoms with Gasteiger partial charge >= 0.3 is 0 Å². The molecular formula is C10H22N2O2. The van der Waals surface area contributed by atoms with Crippen molar-refractivity contribution in [2.45, 2.75) is 26.3 Å². The molecule has 0 aromatic carbocycles. The van der Waals surface area contributed by atoms with Gasteiger partial charge in [-0.15, -0.1) is 0 Å². The fourth-order valence-electron chi connectivity index (χ4n) is 1.22. The number of rotatable bonds is 7. The summed E-state index contributed by atoms with van der Waals surface area (Å²) in [5.41, 5.74) is 0. The van der Waals surface area contributed by atoms with Gasteiger partial charge in [-0.3, -0.25) is 4.79 Å². The summed E-state index contributed by atoms with van der Waals surface area (Å²) in [6.45, 7) is 5.67. The Morgan fingerprint density at radius 3 is 2.64 bits per heavy atom. The van der Waals surface area contributed by atoms with Crippen molar-refractivity contribution >= 4 is 5.91 Å². The maximum atomic E-state index is 11.3. The predicted molar refractivity (Wildman–Crippen MR) is 57.3 cm³/mol. The number of likely N-dealkylation sites (N-methyl/N-ethyl adjacent to an activating group) is 1. The first-order chi connectivity index (χ1) is 6.56. The standard InChI is InChI=1S/C10H22N2O2/c1-5-6-14-8-10(13)11-9(2)7-12(3)4/h9H,5-8H2,1-4H3,(H,11,13). The third-order valence-electron chi connectivity index (χ3n) is 1.63. The lowest BCUT2D eigenvalue weighted by molar-refractivity contribution is -0.126. The van der Waals surface area contributed by atoms with Gasteiger partial charge in [0.25, 0.3) is 0 Å². The van der Waals surface area contributed by atoms with Gasteiger partial charge in [-0.05, 0) is 27.4 Å². The summed E-state index contributed by atoms with van der Waals surface area (Å²) in [6, 6.07) is 0.169. The Balaban J connectivity index is 3.50. The van der Waals surface area contributed by atoms with E-state index in [-0.39, 0.29) is 18.6 Å². The number of nitrogens with zero attached hydrogens (tertiary/aromatic N) is 1. The van der Waals surface area contributed by atoms with Gasteiger partial charge in [0.05, 0.1) is 0 Å². The van der Waals surface area contributed by atoms with E-state index in [2.05, 4.69) is 5.32 Å². The lowest BCUT2D eigenvalue weighted by Crippen LogP contribution is -2.41. The van der Waals surface area contributed by atoms with Gasteiger partial charge in [0.1, 0.15) is 6.61 Å². The lowest BCUT2D eigenvalue weighted by Gasteiger charge is -2.18. The fraction of sp³-hybridized carbons (Fsp3) is 0.900. The molecule has 0 rings (SSSR count). The second kappa shape index (κ2) is 7.76. The summed E-state index contributed by atoms with van der Waals surface area (Å²) in [6.07, 6.45) is 0.945. The smallest absolute Gasteiger partial charge is 0.246 e. The van der Waals surface area contributed by atoms with Crippen LogP contribution in [0.2, 0.25) is 0 Å². The first-order valence-corrected chi connectivity index (χ1v) is 5.08. The number of carbonyl (C=O) groups excluding carboxylic acids is 1. The van der Waals surface area contributed by atoms with Crippen molar-refractivity contribution in [2.75, 3.05) is 33.9 Å². The highest BCUT2D eigenvalue weighted by Gasteiger charge is 2.07. The van der Waals surface area contributed by atoms with Crippen LogP contribution in [0.4, 0.5) is 0 Å². The maximum Gasteiger partial charge on any atom is 0.246 e. The van der Waals surface area contributed by atoms with Gasteiger partial charge in [0.15, 0.2) is 0 Å². The highest BCUT2D eigenvalue weighted by atomic mass is 16.5. The maximum absolute atomic E-state index is 11.3. The Kier molecular flexibility index (Phi) is 7.42. The fourth-order valence-corrected chi connectivity index (χ4v) is 1.22. The minimum atomic E-state index is -0.0344. The normalized spacial score (nSPS) is 12.9. The summed E-state index contributed by atoms with van der Waals surface area (Å²) in [7, 11) is 3.96. The van der Waals surface area contributed by atoms with Crippen LogP contribution in [-0.2, 0) is 9.53 Å². The minimum Gasteiger partial charge on any atom is -0.372 e. The summed E-state index contributed by atoms with van der Waals surface area (Å²) in [5, 5.41) is 2.86. The average Bonchev–Trinajstić information content (AvgIpc) is 2.02. The molecule has 0 radical (unpaired) electrons. The highest BCUT2D eigenvalue weighted by molar-refractivity contribution is 5.77. The molecule has 1 atom stereocenters. The molecule has 0 aromatic heterocycles. The van der Waals surface area contributed by atoms with E-state index >= 15 is 0 Å². The molecule has 4 nitrogen and oxygen atoms in total. The Morgan fingerprint density at radius 1 is 1.50 bits per heavy atom. The van der Waals surface area contributed by atoms with Crippen LogP contribution in [-0.4, -0.2) is 50.7 Å². The molecule has 0 aliphatic carbocycles. The number of hydrogen-bond donors (Lipinski definition) is 1. The van der Waals surface area contributed by atoms with Crippen molar-refractivity contribution in [3.8, 4) is 0 Å². The van der Waals surface area contributed by atoms with Crippen LogP contribution in [0.3, 0.4) is 0 Å². The highest BCUT2D eigenvalue weighted by Crippen LogP contribution is 1.86. The molecule has 0 spiro atoms. The molecule has 0 saturated heterocycles. The Labute approximate surface area is 86.6 Å². The van der Waals surface area contributed by atoms with E-state index in [4.69, 9.17) is 4.74 Å². The van der Waals surface area contributed by atoms with Crippen molar-refractivity contribution in [2.24, 2.45) is 0 Å². The second-order valence-corrected chi connectivity index (χ2v) is 3.78. The van der Waals surface area contributed by atoms with Gasteiger partial charge < -0.3 is 15.0 Å². The molecule has 84 valence electrons. The topological polar surface area (TPSA) is 41.6 Å². The number of carbonyl (C=O) groups is 1. The molecule has 0 saturated carbocycles. The molecule has 4 heteroatoms. The molecule has 0 heterocycles. The van der Waals surface area contributed by atoms with Crippen LogP contribution in [0.5, 0.6) is 0 Å². The van der Waals surface area contributed by atoms with Gasteiger partial charge in [0, 0.05) is 19.2 Å². The van der Waals surface area contributed by atoms with E-state index in [9.17, 15) is 4.79 Å². The van der Waals surface area contributed by atoms with Crippen molar-refractivity contribution in [1.82, 2.24) is 10.2 Å². The molecule has 0 aliphatic heterocycles. The van der Waals surface area contributed by atoms with Crippen LogP contribution in [0, 0.1) is 0 Å². The minimum absolute atomic E-state index is 0.0344. The third-order valence-corrected chi connectivity index (χ3v) is 1.63. The predicted octanol–water partition coefficient (Wildman–Crippen LogP) is 0.479. The number of amides is 1. The monoisotopic (exact) mass is 202 g/mol. The molecule has 1 N–H and O–H groups in total. The number of nitrogens with one attached hydrogen (secondary N) is 1. The first kappa shape index (κ1) is 13.4. The SMILES string of the molecule is CCCOCC(=O)NC(C)CN(C)C. The summed E-state index contributed by atoms with van der Waals surface area (Å²) < 4.78 is 5.12.